The van der Waals surface area contributed by atoms with Crippen molar-refractivity contribution in [1.82, 2.24) is 14.9 Å². The molecule has 2 heterocycles. The van der Waals surface area contributed by atoms with E-state index in [0.29, 0.717) is 11.9 Å². The number of hydrogen-bond acceptors (Lipinski definition) is 6. The van der Waals surface area contributed by atoms with Gasteiger partial charge in [-0.1, -0.05) is 36.4 Å². The molecule has 0 radical (unpaired) electrons. The van der Waals surface area contributed by atoms with Gasteiger partial charge in [-0.25, -0.2) is 4.98 Å². The summed E-state index contributed by atoms with van der Waals surface area (Å²) in [4.78, 5) is 4.77. The minimum Gasteiger partial charge on any atom is -0.508 e. The third kappa shape index (κ3) is 5.49. The summed E-state index contributed by atoms with van der Waals surface area (Å²) < 4.78 is 14.2. The Balaban J connectivity index is 1.10. The molecule has 0 saturated carbocycles. The Kier molecular flexibility index (Phi) is 6.94. The number of phenolic OH excluding ortho intramolecular Hbond substituents is 1. The van der Waals surface area contributed by atoms with Gasteiger partial charge >= 0.3 is 0 Å². The van der Waals surface area contributed by atoms with Crippen LogP contribution >= 0.6 is 11.8 Å². The predicted molar refractivity (Wildman–Crippen MR) is 153 cm³/mol. The number of phenols is 1. The van der Waals surface area contributed by atoms with E-state index >= 15 is 0 Å². The van der Waals surface area contributed by atoms with E-state index in [9.17, 15) is 5.11 Å². The van der Waals surface area contributed by atoms with Crippen LogP contribution < -0.4 is 14.8 Å². The highest BCUT2D eigenvalue weighted by atomic mass is 32.2. The molecule has 4 aromatic carbocycles. The maximum Gasteiger partial charge on any atom is 0.147 e. The SMILES string of the molecule is Cn1c(COc2ccc(CC3CNCS3)cc2)nc2ccc(Oc3ccc(-c4ccc(O)cc4)cc3)cc21. The number of nitrogens with zero attached hydrogens (tertiary/aromatic N) is 2. The topological polar surface area (TPSA) is 68.5 Å². The van der Waals surface area contributed by atoms with Gasteiger partial charge in [0.05, 0.1) is 11.0 Å². The molecule has 1 unspecified atom stereocenters. The average Bonchev–Trinajstić information content (AvgIpc) is 3.57. The molecule has 6 rings (SSSR count). The summed E-state index contributed by atoms with van der Waals surface area (Å²) in [7, 11) is 2.00. The van der Waals surface area contributed by atoms with Crippen molar-refractivity contribution in [2.75, 3.05) is 12.4 Å². The normalized spacial score (nSPS) is 15.1. The lowest BCUT2D eigenvalue weighted by Crippen LogP contribution is -2.14. The molecule has 7 heteroatoms. The number of nitrogens with one attached hydrogen (secondary N) is 1. The second kappa shape index (κ2) is 10.8. The van der Waals surface area contributed by atoms with Gasteiger partial charge in [-0.05, 0) is 71.6 Å². The first-order valence-corrected chi connectivity index (χ1v) is 13.7. The molecule has 1 aliphatic heterocycles. The van der Waals surface area contributed by atoms with Crippen molar-refractivity contribution >= 4 is 22.8 Å². The van der Waals surface area contributed by atoms with E-state index in [-0.39, 0.29) is 5.75 Å². The molecule has 0 bridgehead atoms. The first kappa shape index (κ1) is 24.4. The van der Waals surface area contributed by atoms with Crippen molar-refractivity contribution in [3.63, 3.8) is 0 Å². The lowest BCUT2D eigenvalue weighted by molar-refractivity contribution is 0.292. The monoisotopic (exact) mass is 523 g/mol. The van der Waals surface area contributed by atoms with Gasteiger partial charge in [0.25, 0.3) is 0 Å². The van der Waals surface area contributed by atoms with Gasteiger partial charge in [0.1, 0.15) is 35.4 Å². The van der Waals surface area contributed by atoms with Gasteiger partial charge < -0.3 is 24.5 Å². The van der Waals surface area contributed by atoms with Gasteiger partial charge in [0.2, 0.25) is 0 Å². The molecule has 6 nitrogen and oxygen atoms in total. The fraction of sp³-hybridized carbons (Fsp3) is 0.194. The summed E-state index contributed by atoms with van der Waals surface area (Å²) in [5.41, 5.74) is 5.32. The summed E-state index contributed by atoms with van der Waals surface area (Å²) in [6.45, 7) is 1.47. The molecule has 1 saturated heterocycles. The minimum atomic E-state index is 0.259. The summed E-state index contributed by atoms with van der Waals surface area (Å²) in [5.74, 6) is 4.51. The van der Waals surface area contributed by atoms with Crippen LogP contribution in [0.5, 0.6) is 23.0 Å². The Labute approximate surface area is 226 Å². The molecule has 0 aliphatic carbocycles. The molecule has 1 aliphatic rings. The zero-order valence-electron chi connectivity index (χ0n) is 21.1. The molecular weight excluding hydrogens is 494 g/mol. The van der Waals surface area contributed by atoms with Crippen molar-refractivity contribution in [2.24, 2.45) is 7.05 Å². The van der Waals surface area contributed by atoms with E-state index in [1.807, 2.05) is 85.5 Å². The predicted octanol–water partition coefficient (Wildman–Crippen LogP) is 6.52. The first-order valence-electron chi connectivity index (χ1n) is 12.7. The zero-order valence-corrected chi connectivity index (χ0v) is 21.9. The Morgan fingerprint density at radius 1 is 0.895 bits per heavy atom. The van der Waals surface area contributed by atoms with Crippen molar-refractivity contribution in [3.8, 4) is 34.1 Å². The van der Waals surface area contributed by atoms with Crippen molar-refractivity contribution in [2.45, 2.75) is 18.3 Å². The number of aromatic hydroxyl groups is 1. The second-order valence-corrected chi connectivity index (χ2v) is 10.7. The fourth-order valence-electron chi connectivity index (χ4n) is 4.64. The van der Waals surface area contributed by atoms with Crippen LogP contribution in [0, 0.1) is 0 Å². The van der Waals surface area contributed by atoms with Crippen LogP contribution in [-0.4, -0.2) is 32.3 Å². The van der Waals surface area contributed by atoms with Crippen molar-refractivity contribution in [3.05, 3.63) is 102 Å². The summed E-state index contributed by atoms with van der Waals surface area (Å²) in [5, 5.41) is 13.6. The molecule has 0 amide bonds. The molecule has 5 aromatic rings. The summed E-state index contributed by atoms with van der Waals surface area (Å²) in [6, 6.07) is 29.4. The maximum absolute atomic E-state index is 9.50. The first-order chi connectivity index (χ1) is 18.6. The summed E-state index contributed by atoms with van der Waals surface area (Å²) >= 11 is 1.98. The standard InChI is InChI=1S/C31H29N3O3S/c1-34-30-17-27(37-26-12-6-23(7-13-26)22-4-8-24(35)9-5-22)14-15-29(30)33-31(34)19-36-25-10-2-21(3-11-25)16-28-18-32-20-38-28/h2-15,17,28,32,35H,16,18-20H2,1H3. The van der Waals surface area contributed by atoms with E-state index in [4.69, 9.17) is 14.5 Å². The average molecular weight is 524 g/mol. The molecule has 192 valence electrons. The molecule has 1 fully saturated rings. The number of fused-ring (bicyclic) bond motifs is 1. The number of ether oxygens (including phenoxy) is 2. The van der Waals surface area contributed by atoms with Gasteiger partial charge in [-0.2, -0.15) is 0 Å². The molecule has 1 aromatic heterocycles. The Morgan fingerprint density at radius 2 is 1.58 bits per heavy atom. The third-order valence-corrected chi connectivity index (χ3v) is 7.96. The minimum absolute atomic E-state index is 0.259. The Hall–Kier alpha value is -3.94. The summed E-state index contributed by atoms with van der Waals surface area (Å²) in [6.07, 6.45) is 1.08. The van der Waals surface area contributed by atoms with Crippen LogP contribution in [0.1, 0.15) is 11.4 Å². The third-order valence-electron chi connectivity index (χ3n) is 6.78. The van der Waals surface area contributed by atoms with Crippen molar-refractivity contribution < 1.29 is 14.6 Å². The maximum atomic E-state index is 9.50. The van der Waals surface area contributed by atoms with E-state index in [2.05, 4.69) is 22.0 Å². The molecular formula is C31H29N3O3S. The lowest BCUT2D eigenvalue weighted by Gasteiger charge is -2.10. The van der Waals surface area contributed by atoms with Gasteiger partial charge in [-0.3, -0.25) is 0 Å². The lowest BCUT2D eigenvalue weighted by atomic mass is 10.1. The fourth-order valence-corrected chi connectivity index (χ4v) is 5.65. The largest absolute Gasteiger partial charge is 0.508 e. The van der Waals surface area contributed by atoms with Crippen LogP contribution in [0.15, 0.2) is 91.0 Å². The number of thioether (sulfide) groups is 1. The number of hydrogen-bond donors (Lipinski definition) is 2. The quantitative estimate of drug-likeness (QED) is 0.241. The molecule has 0 spiro atoms. The molecule has 2 N–H and O–H groups in total. The van der Waals surface area contributed by atoms with E-state index in [0.717, 1.165) is 64.1 Å². The number of imidazole rings is 1. The van der Waals surface area contributed by atoms with E-state index in [1.54, 1.807) is 12.1 Å². The van der Waals surface area contributed by atoms with E-state index in [1.165, 1.54) is 5.56 Å². The van der Waals surface area contributed by atoms with E-state index < -0.39 is 0 Å². The number of aromatic nitrogens is 2. The van der Waals surface area contributed by atoms with Crippen LogP contribution in [-0.2, 0) is 20.1 Å². The van der Waals surface area contributed by atoms with Crippen LogP contribution in [0.2, 0.25) is 0 Å². The highest BCUT2D eigenvalue weighted by molar-refractivity contribution is 8.00. The highest BCUT2D eigenvalue weighted by Crippen LogP contribution is 2.29. The van der Waals surface area contributed by atoms with Gasteiger partial charge in [0, 0.05) is 30.8 Å². The smallest absolute Gasteiger partial charge is 0.147 e. The van der Waals surface area contributed by atoms with Gasteiger partial charge in [0.15, 0.2) is 0 Å². The molecule has 38 heavy (non-hydrogen) atoms. The highest BCUT2D eigenvalue weighted by Gasteiger charge is 2.15. The molecule has 1 atom stereocenters. The van der Waals surface area contributed by atoms with Crippen molar-refractivity contribution in [1.29, 1.82) is 0 Å². The zero-order chi connectivity index (χ0) is 25.9. The second-order valence-electron chi connectivity index (χ2n) is 9.43. The Bertz CT molecular complexity index is 1520. The van der Waals surface area contributed by atoms with Crippen LogP contribution in [0.3, 0.4) is 0 Å². The van der Waals surface area contributed by atoms with Crippen LogP contribution in [0.25, 0.3) is 22.2 Å². The Morgan fingerprint density at radius 3 is 2.29 bits per heavy atom. The number of aryl methyl sites for hydroxylation is 1. The number of benzene rings is 4. The number of rotatable bonds is 8. The van der Waals surface area contributed by atoms with Crippen LogP contribution in [0.4, 0.5) is 0 Å². The van der Waals surface area contributed by atoms with Gasteiger partial charge in [-0.15, -0.1) is 11.8 Å².